The van der Waals surface area contributed by atoms with E-state index in [1.807, 2.05) is 0 Å². The summed E-state index contributed by atoms with van der Waals surface area (Å²) in [4.78, 5) is 12.6. The number of carbonyl (C=O) groups is 1. The molecule has 3 nitrogen and oxygen atoms in total. The molecule has 21 heavy (non-hydrogen) atoms. The van der Waals surface area contributed by atoms with E-state index in [-0.39, 0.29) is 33.5 Å². The van der Waals surface area contributed by atoms with E-state index in [4.69, 9.17) is 4.74 Å². The zero-order valence-corrected chi connectivity index (χ0v) is 12.4. The monoisotopic (exact) mass is 314 g/mol. The number of hydrogen-bond donors (Lipinski definition) is 0. The van der Waals surface area contributed by atoms with Crippen molar-refractivity contribution in [2.45, 2.75) is 36.2 Å². The van der Waals surface area contributed by atoms with Crippen LogP contribution in [-0.4, -0.2) is 27.6 Å². The first-order chi connectivity index (χ1) is 10.0. The molecule has 1 aromatic carbocycles. The first kappa shape index (κ1) is 14.6. The van der Waals surface area contributed by atoms with Crippen molar-refractivity contribution >= 4 is 16.6 Å². The number of benzene rings is 1. The minimum Gasteiger partial charge on any atom is -0.496 e. The molecule has 0 N–H and O–H groups in total. The number of rotatable bonds is 3. The summed E-state index contributed by atoms with van der Waals surface area (Å²) in [5.41, 5.74) is 0.0773. The molecular weight excluding hydrogens is 298 g/mol. The Labute approximate surface area is 124 Å². The lowest BCUT2D eigenvalue weighted by Crippen LogP contribution is -2.32. The van der Waals surface area contributed by atoms with Gasteiger partial charge in [0.15, 0.2) is 17.4 Å². The molecule has 2 atom stereocenters. The van der Waals surface area contributed by atoms with Gasteiger partial charge in [0.1, 0.15) is 5.75 Å². The van der Waals surface area contributed by atoms with Crippen molar-refractivity contribution in [3.63, 3.8) is 0 Å². The molecule has 2 unspecified atom stereocenters. The fourth-order valence-electron chi connectivity index (χ4n) is 3.36. The van der Waals surface area contributed by atoms with E-state index in [2.05, 4.69) is 0 Å². The number of methoxy groups -OCH3 is 1. The Bertz CT molecular complexity index is 601. The molecule has 0 amide bonds. The molecule has 2 saturated heterocycles. The van der Waals surface area contributed by atoms with E-state index in [0.717, 1.165) is 25.0 Å². The molecule has 0 aliphatic carbocycles. The summed E-state index contributed by atoms with van der Waals surface area (Å²) in [5, 5.41) is 0.128. The fourth-order valence-corrected chi connectivity index (χ4v) is 5.48. The van der Waals surface area contributed by atoms with Crippen molar-refractivity contribution in [1.82, 2.24) is 0 Å². The Morgan fingerprint density at radius 1 is 1.19 bits per heavy atom. The molecule has 3 rings (SSSR count). The number of hydrogen-bond acceptors (Lipinski definition) is 3. The second kappa shape index (κ2) is 5.48. The van der Waals surface area contributed by atoms with Crippen LogP contribution in [-0.2, 0) is 10.8 Å². The van der Waals surface area contributed by atoms with Gasteiger partial charge in [-0.25, -0.2) is 8.78 Å². The van der Waals surface area contributed by atoms with Gasteiger partial charge >= 0.3 is 0 Å². The Morgan fingerprint density at radius 3 is 2.33 bits per heavy atom. The van der Waals surface area contributed by atoms with Crippen LogP contribution in [0.1, 0.15) is 36.0 Å². The van der Waals surface area contributed by atoms with E-state index in [0.29, 0.717) is 12.8 Å². The lowest BCUT2D eigenvalue weighted by molar-refractivity contribution is 0.0902. The van der Waals surface area contributed by atoms with E-state index in [1.165, 1.54) is 7.11 Å². The number of carbonyl (C=O) groups excluding carboxylic acids is 1. The summed E-state index contributed by atoms with van der Waals surface area (Å²) in [5.74, 6) is -2.55. The first-order valence-corrected chi connectivity index (χ1v) is 8.25. The lowest BCUT2D eigenvalue weighted by Gasteiger charge is -2.26. The quantitative estimate of drug-likeness (QED) is 0.806. The van der Waals surface area contributed by atoms with Crippen LogP contribution >= 0.6 is 0 Å². The fraction of sp³-hybridized carbons (Fsp3) is 0.533. The molecule has 2 aliphatic rings. The van der Waals surface area contributed by atoms with Crippen LogP contribution in [0.25, 0.3) is 0 Å². The largest absolute Gasteiger partial charge is 0.496 e. The third-order valence-electron chi connectivity index (χ3n) is 4.44. The standard InChI is InChI=1S/C15H16F2O3S/c1-20-14-7-13(17)12(16)6-11(14)15(18)8-4-9-2-3-10(5-8)21(9)19/h6-10H,2-5H2,1H3. The maximum atomic E-state index is 13.4. The Morgan fingerprint density at radius 2 is 1.76 bits per heavy atom. The molecule has 114 valence electrons. The average molecular weight is 314 g/mol. The normalized spacial score (nSPS) is 31.2. The van der Waals surface area contributed by atoms with Crippen molar-refractivity contribution in [3.8, 4) is 5.75 Å². The van der Waals surface area contributed by atoms with E-state index < -0.39 is 22.4 Å². The third kappa shape index (κ3) is 2.50. The molecule has 2 heterocycles. The second-order valence-electron chi connectivity index (χ2n) is 5.65. The van der Waals surface area contributed by atoms with Crippen LogP contribution in [0.5, 0.6) is 5.75 Å². The van der Waals surface area contributed by atoms with Gasteiger partial charge in [-0.2, -0.15) is 0 Å². The highest BCUT2D eigenvalue weighted by Crippen LogP contribution is 2.40. The van der Waals surface area contributed by atoms with Gasteiger partial charge in [0.2, 0.25) is 0 Å². The molecule has 0 spiro atoms. The summed E-state index contributed by atoms with van der Waals surface area (Å²) in [6.07, 6.45) is 2.89. The number of ether oxygens (including phenoxy) is 1. The van der Waals surface area contributed by atoms with Crippen molar-refractivity contribution in [3.05, 3.63) is 29.3 Å². The van der Waals surface area contributed by atoms with Crippen molar-refractivity contribution < 1.29 is 22.5 Å². The second-order valence-corrected chi connectivity index (χ2v) is 7.64. The van der Waals surface area contributed by atoms with Crippen molar-refractivity contribution in [1.29, 1.82) is 0 Å². The molecule has 0 saturated carbocycles. The van der Waals surface area contributed by atoms with Gasteiger partial charge in [0, 0.05) is 33.3 Å². The molecular formula is C15H16F2O3S. The van der Waals surface area contributed by atoms with Crippen LogP contribution in [0.4, 0.5) is 8.78 Å². The molecule has 2 aliphatic heterocycles. The zero-order chi connectivity index (χ0) is 15.1. The van der Waals surface area contributed by atoms with Crippen LogP contribution in [0.15, 0.2) is 12.1 Å². The van der Waals surface area contributed by atoms with E-state index in [1.54, 1.807) is 0 Å². The van der Waals surface area contributed by atoms with Gasteiger partial charge in [-0.05, 0) is 31.7 Å². The molecule has 6 heteroatoms. The third-order valence-corrected chi connectivity index (χ3v) is 6.61. The number of fused-ring (bicyclic) bond motifs is 2. The maximum absolute atomic E-state index is 13.4. The van der Waals surface area contributed by atoms with Gasteiger partial charge < -0.3 is 4.74 Å². The van der Waals surface area contributed by atoms with Crippen LogP contribution < -0.4 is 4.74 Å². The highest BCUT2D eigenvalue weighted by atomic mass is 32.2. The van der Waals surface area contributed by atoms with E-state index >= 15 is 0 Å². The summed E-state index contributed by atoms with van der Waals surface area (Å²) >= 11 is 0. The topological polar surface area (TPSA) is 43.4 Å². The SMILES string of the molecule is COc1cc(F)c(F)cc1C(=O)C1CC2CCC(C1)S2=O. The smallest absolute Gasteiger partial charge is 0.169 e. The molecule has 1 aromatic rings. The Balaban J connectivity index is 1.89. The van der Waals surface area contributed by atoms with Gasteiger partial charge in [0.05, 0.1) is 12.7 Å². The number of halogens is 2. The number of ketones is 1. The lowest BCUT2D eigenvalue weighted by atomic mass is 9.90. The summed E-state index contributed by atoms with van der Waals surface area (Å²) in [6, 6.07) is 1.81. The minimum atomic E-state index is -1.05. The molecule has 0 aromatic heterocycles. The van der Waals surface area contributed by atoms with Crippen molar-refractivity contribution in [2.75, 3.05) is 7.11 Å². The first-order valence-electron chi connectivity index (χ1n) is 6.98. The minimum absolute atomic E-state index is 0.0537. The molecule has 2 bridgehead atoms. The van der Waals surface area contributed by atoms with E-state index in [9.17, 15) is 17.8 Å². The summed E-state index contributed by atoms with van der Waals surface area (Å²) in [6.45, 7) is 0. The van der Waals surface area contributed by atoms with Crippen molar-refractivity contribution in [2.24, 2.45) is 5.92 Å². The predicted octanol–water partition coefficient (Wildman–Crippen LogP) is 2.85. The van der Waals surface area contributed by atoms with Gasteiger partial charge in [-0.1, -0.05) is 0 Å². The van der Waals surface area contributed by atoms with Crippen LogP contribution in [0.3, 0.4) is 0 Å². The number of Topliss-reactive ketones (excluding diaryl/α,β-unsaturated/α-hetero) is 1. The molecule has 2 fully saturated rings. The van der Waals surface area contributed by atoms with Crippen LogP contribution in [0, 0.1) is 17.6 Å². The highest BCUT2D eigenvalue weighted by molar-refractivity contribution is 7.86. The predicted molar refractivity (Wildman–Crippen MR) is 74.9 cm³/mol. The maximum Gasteiger partial charge on any atom is 0.169 e. The van der Waals surface area contributed by atoms with Gasteiger partial charge in [-0.3, -0.25) is 9.00 Å². The highest BCUT2D eigenvalue weighted by Gasteiger charge is 2.43. The Hall–Kier alpha value is -1.30. The molecule has 0 radical (unpaired) electrons. The van der Waals surface area contributed by atoms with Crippen LogP contribution in [0.2, 0.25) is 0 Å². The summed E-state index contributed by atoms with van der Waals surface area (Å²) in [7, 11) is 0.478. The van der Waals surface area contributed by atoms with Gasteiger partial charge in [0.25, 0.3) is 0 Å². The van der Waals surface area contributed by atoms with Gasteiger partial charge in [-0.15, -0.1) is 0 Å². The Kier molecular flexibility index (Phi) is 3.82. The zero-order valence-electron chi connectivity index (χ0n) is 11.6. The summed E-state index contributed by atoms with van der Waals surface area (Å²) < 4.78 is 43.6. The average Bonchev–Trinajstić information content (AvgIpc) is 2.70.